The minimum absolute atomic E-state index is 0.0190. The van der Waals surface area contributed by atoms with Crippen LogP contribution in [0, 0.1) is 0 Å². The van der Waals surface area contributed by atoms with Gasteiger partial charge in [0.2, 0.25) is 17.7 Å². The lowest BCUT2D eigenvalue weighted by Crippen LogP contribution is -2.50. The molecule has 0 spiro atoms. The van der Waals surface area contributed by atoms with E-state index in [1.807, 2.05) is 4.90 Å². The summed E-state index contributed by atoms with van der Waals surface area (Å²) in [6.45, 7) is 9.00. The molecular formula is C22H36N4O8. The quantitative estimate of drug-likeness (QED) is 0.401. The van der Waals surface area contributed by atoms with Crippen molar-refractivity contribution in [1.29, 1.82) is 0 Å². The number of rotatable bonds is 4. The smallest absolute Gasteiger partial charge is 0.313 e. The number of carboxylic acids is 1. The number of piperazine rings is 2. The fraction of sp³-hybridized carbons (Fsp3) is 0.727. The summed E-state index contributed by atoms with van der Waals surface area (Å²) in [5.41, 5.74) is 0. The fourth-order valence-corrected chi connectivity index (χ4v) is 3.41. The molecule has 0 aliphatic carbocycles. The van der Waals surface area contributed by atoms with Gasteiger partial charge in [0.25, 0.3) is 0 Å². The molecule has 3 fully saturated rings. The number of carboxylic acid groups (broad SMARTS) is 1. The molecule has 34 heavy (non-hydrogen) atoms. The lowest BCUT2D eigenvalue weighted by Gasteiger charge is -2.34. The molecule has 0 aromatic carbocycles. The third kappa shape index (κ3) is 12.3. The van der Waals surface area contributed by atoms with Crippen molar-refractivity contribution in [3.63, 3.8) is 0 Å². The van der Waals surface area contributed by atoms with Gasteiger partial charge in [0.05, 0.1) is 0 Å². The number of aliphatic carboxylic acids is 1. The molecule has 3 amide bonds. The summed E-state index contributed by atoms with van der Waals surface area (Å²) >= 11 is 0. The van der Waals surface area contributed by atoms with E-state index < -0.39 is 5.97 Å². The second kappa shape index (κ2) is 15.8. The van der Waals surface area contributed by atoms with Crippen molar-refractivity contribution >= 4 is 35.6 Å². The first-order valence-corrected chi connectivity index (χ1v) is 11.5. The van der Waals surface area contributed by atoms with Gasteiger partial charge < -0.3 is 29.9 Å². The maximum absolute atomic E-state index is 11.7. The average Bonchev–Trinajstić information content (AvgIpc) is 2.80. The van der Waals surface area contributed by atoms with E-state index >= 15 is 0 Å². The number of amides is 3. The summed E-state index contributed by atoms with van der Waals surface area (Å²) in [4.78, 5) is 69.5. The zero-order valence-electron chi connectivity index (χ0n) is 20.0. The van der Waals surface area contributed by atoms with Gasteiger partial charge in [-0.2, -0.15) is 0 Å². The topological polar surface area (TPSA) is 154 Å². The molecule has 192 valence electrons. The monoisotopic (exact) mass is 484 g/mol. The Kier molecular flexibility index (Phi) is 13.4. The van der Waals surface area contributed by atoms with Crippen molar-refractivity contribution in [2.24, 2.45) is 0 Å². The Bertz CT molecular complexity index is 714. The number of ether oxygens (including phenoxy) is 1. The Morgan fingerprint density at radius 3 is 1.65 bits per heavy atom. The SMILES string of the molecule is CC(=O)N1CCN(C(=O)CCCC(=O)O)CC1.CC(=O)N1CCNCC1.O=C1CCCC(=O)O1. The van der Waals surface area contributed by atoms with E-state index in [1.54, 1.807) is 16.7 Å². The molecule has 3 aliphatic heterocycles. The number of cyclic esters (lactones) is 2. The second-order valence-corrected chi connectivity index (χ2v) is 8.09. The first kappa shape index (κ1) is 29.0. The third-order valence-corrected chi connectivity index (χ3v) is 5.41. The number of esters is 2. The van der Waals surface area contributed by atoms with Crippen LogP contribution in [0.15, 0.2) is 0 Å². The number of carbonyl (C=O) groups is 6. The molecule has 0 bridgehead atoms. The molecule has 3 saturated heterocycles. The molecular weight excluding hydrogens is 448 g/mol. The maximum Gasteiger partial charge on any atom is 0.313 e. The molecule has 0 aromatic heterocycles. The van der Waals surface area contributed by atoms with Crippen LogP contribution in [0.2, 0.25) is 0 Å². The number of hydrogen-bond donors (Lipinski definition) is 2. The van der Waals surface area contributed by atoms with Crippen LogP contribution in [0.3, 0.4) is 0 Å². The molecule has 0 saturated carbocycles. The Morgan fingerprint density at radius 2 is 1.26 bits per heavy atom. The van der Waals surface area contributed by atoms with Gasteiger partial charge in [0, 0.05) is 91.9 Å². The minimum Gasteiger partial charge on any atom is -0.481 e. The van der Waals surface area contributed by atoms with E-state index in [9.17, 15) is 28.8 Å². The number of carbonyl (C=O) groups excluding carboxylic acids is 5. The van der Waals surface area contributed by atoms with Crippen LogP contribution in [0.5, 0.6) is 0 Å². The molecule has 12 nitrogen and oxygen atoms in total. The molecule has 12 heteroatoms. The van der Waals surface area contributed by atoms with Gasteiger partial charge in [-0.15, -0.1) is 0 Å². The van der Waals surface area contributed by atoms with Gasteiger partial charge >= 0.3 is 17.9 Å². The van der Waals surface area contributed by atoms with Gasteiger partial charge in [-0.25, -0.2) is 0 Å². The minimum atomic E-state index is -0.876. The lowest BCUT2D eigenvalue weighted by molar-refractivity contribution is -0.163. The fourth-order valence-electron chi connectivity index (χ4n) is 3.41. The number of hydrogen-bond acceptors (Lipinski definition) is 8. The van der Waals surface area contributed by atoms with Gasteiger partial charge in [-0.1, -0.05) is 0 Å². The van der Waals surface area contributed by atoms with Gasteiger partial charge in [-0.3, -0.25) is 28.8 Å². The van der Waals surface area contributed by atoms with E-state index in [2.05, 4.69) is 10.1 Å². The van der Waals surface area contributed by atoms with Crippen LogP contribution in [-0.2, 0) is 33.5 Å². The standard InChI is InChI=1S/C11H18N2O4.C6H12N2O.C5H6O3/c1-9(14)12-5-7-13(8-6-12)10(15)3-2-4-11(16)17;1-6(9)8-4-2-7-3-5-8;6-4-2-1-3-5(7)8-4/h2-8H2,1H3,(H,16,17);7H,2-5H2,1H3;1-3H2. The van der Waals surface area contributed by atoms with Crippen molar-refractivity contribution in [2.75, 3.05) is 52.4 Å². The molecule has 0 aromatic rings. The third-order valence-electron chi connectivity index (χ3n) is 5.41. The summed E-state index contributed by atoms with van der Waals surface area (Å²) in [5, 5.41) is 11.6. The van der Waals surface area contributed by atoms with E-state index in [1.165, 1.54) is 6.92 Å². The van der Waals surface area contributed by atoms with Gasteiger partial charge in [0.15, 0.2) is 0 Å². The van der Waals surface area contributed by atoms with Gasteiger partial charge in [0.1, 0.15) is 0 Å². The molecule has 0 radical (unpaired) electrons. The summed E-state index contributed by atoms with van der Waals surface area (Å²) in [6.07, 6.45) is 2.11. The number of nitrogens with zero attached hydrogens (tertiary/aromatic N) is 3. The normalized spacial score (nSPS) is 18.0. The lowest BCUT2D eigenvalue weighted by atomic mass is 10.2. The number of nitrogens with one attached hydrogen (secondary N) is 1. The van der Waals surface area contributed by atoms with Crippen LogP contribution < -0.4 is 5.32 Å². The Labute approximate surface area is 199 Å². The van der Waals surface area contributed by atoms with Crippen molar-refractivity contribution in [3.8, 4) is 0 Å². The zero-order chi connectivity index (χ0) is 25.5. The molecule has 0 unspecified atom stereocenters. The van der Waals surface area contributed by atoms with Crippen LogP contribution in [0.25, 0.3) is 0 Å². The molecule has 3 heterocycles. The van der Waals surface area contributed by atoms with E-state index in [-0.39, 0.29) is 42.5 Å². The average molecular weight is 485 g/mol. The summed E-state index contributed by atoms with van der Waals surface area (Å²) in [7, 11) is 0. The van der Waals surface area contributed by atoms with Gasteiger partial charge in [-0.05, 0) is 12.8 Å². The van der Waals surface area contributed by atoms with Crippen LogP contribution in [0.4, 0.5) is 0 Å². The highest BCUT2D eigenvalue weighted by Gasteiger charge is 2.22. The van der Waals surface area contributed by atoms with Crippen molar-refractivity contribution in [2.45, 2.75) is 52.4 Å². The van der Waals surface area contributed by atoms with E-state index in [0.717, 1.165) is 26.2 Å². The predicted octanol–water partition coefficient (Wildman–Crippen LogP) is -0.390. The van der Waals surface area contributed by atoms with Crippen LogP contribution in [0.1, 0.15) is 52.4 Å². The Hall–Kier alpha value is -3.02. The molecule has 3 aliphatic rings. The molecule has 3 rings (SSSR count). The Morgan fingerprint density at radius 1 is 0.794 bits per heavy atom. The Balaban J connectivity index is 0.000000284. The van der Waals surface area contributed by atoms with Crippen molar-refractivity contribution in [3.05, 3.63) is 0 Å². The highest BCUT2D eigenvalue weighted by Crippen LogP contribution is 2.07. The predicted molar refractivity (Wildman–Crippen MR) is 120 cm³/mol. The molecule has 2 N–H and O–H groups in total. The van der Waals surface area contributed by atoms with Crippen LogP contribution >= 0.6 is 0 Å². The first-order chi connectivity index (χ1) is 16.1. The highest BCUT2D eigenvalue weighted by atomic mass is 16.6. The highest BCUT2D eigenvalue weighted by molar-refractivity contribution is 5.87. The van der Waals surface area contributed by atoms with E-state index in [4.69, 9.17) is 5.11 Å². The first-order valence-electron chi connectivity index (χ1n) is 11.5. The van der Waals surface area contributed by atoms with E-state index in [0.29, 0.717) is 51.9 Å². The second-order valence-electron chi connectivity index (χ2n) is 8.09. The van der Waals surface area contributed by atoms with Crippen molar-refractivity contribution in [1.82, 2.24) is 20.0 Å². The summed E-state index contributed by atoms with van der Waals surface area (Å²) in [5.74, 6) is -1.45. The largest absolute Gasteiger partial charge is 0.481 e. The van der Waals surface area contributed by atoms with Crippen LogP contribution in [-0.4, -0.2) is 108 Å². The van der Waals surface area contributed by atoms with Crippen molar-refractivity contribution < 1.29 is 38.6 Å². The summed E-state index contributed by atoms with van der Waals surface area (Å²) in [6, 6.07) is 0. The summed E-state index contributed by atoms with van der Waals surface area (Å²) < 4.78 is 4.21. The zero-order valence-corrected chi connectivity index (χ0v) is 20.0. The molecule has 0 atom stereocenters. The maximum atomic E-state index is 11.7.